The zero-order chi connectivity index (χ0) is 14.3. The fourth-order valence-electron chi connectivity index (χ4n) is 1.73. The van der Waals surface area contributed by atoms with Crippen molar-refractivity contribution >= 4 is 0 Å². The third kappa shape index (κ3) is 4.88. The van der Waals surface area contributed by atoms with Crippen LogP contribution in [0.4, 0.5) is 4.39 Å². The summed E-state index contributed by atoms with van der Waals surface area (Å²) in [5.41, 5.74) is 0.452. The Labute approximate surface area is 114 Å². The van der Waals surface area contributed by atoms with Crippen molar-refractivity contribution in [2.24, 2.45) is 0 Å². The van der Waals surface area contributed by atoms with E-state index in [0.29, 0.717) is 12.4 Å². The van der Waals surface area contributed by atoms with Crippen molar-refractivity contribution in [3.63, 3.8) is 0 Å². The molecule has 19 heavy (non-hydrogen) atoms. The van der Waals surface area contributed by atoms with Crippen molar-refractivity contribution in [2.75, 3.05) is 13.7 Å². The van der Waals surface area contributed by atoms with Gasteiger partial charge in [0.15, 0.2) is 0 Å². The van der Waals surface area contributed by atoms with Crippen LogP contribution in [0.2, 0.25) is 0 Å². The number of unbranched alkanes of at least 4 members (excludes halogenated alkanes) is 1. The van der Waals surface area contributed by atoms with Gasteiger partial charge in [-0.1, -0.05) is 6.07 Å². The SMILES string of the molecule is CNC(C)(C#N)CCCCOc1cc(F)ccc1C. The molecule has 0 aliphatic carbocycles. The first kappa shape index (κ1) is 15.5. The summed E-state index contributed by atoms with van der Waals surface area (Å²) in [5.74, 6) is 0.310. The van der Waals surface area contributed by atoms with Crippen molar-refractivity contribution in [3.05, 3.63) is 29.6 Å². The van der Waals surface area contributed by atoms with Crippen molar-refractivity contribution in [2.45, 2.75) is 38.6 Å². The number of nitriles is 1. The molecule has 4 heteroatoms. The molecule has 3 nitrogen and oxygen atoms in total. The molecule has 1 N–H and O–H groups in total. The highest BCUT2D eigenvalue weighted by Crippen LogP contribution is 2.19. The van der Waals surface area contributed by atoms with Crippen LogP contribution in [-0.4, -0.2) is 19.2 Å². The molecular formula is C15H21FN2O. The van der Waals surface area contributed by atoms with Crippen molar-refractivity contribution in [1.82, 2.24) is 5.32 Å². The fourth-order valence-corrected chi connectivity index (χ4v) is 1.73. The summed E-state index contributed by atoms with van der Waals surface area (Å²) in [4.78, 5) is 0. The monoisotopic (exact) mass is 264 g/mol. The predicted octanol–water partition coefficient (Wildman–Crippen LogP) is 3.18. The highest BCUT2D eigenvalue weighted by atomic mass is 19.1. The maximum Gasteiger partial charge on any atom is 0.126 e. The van der Waals surface area contributed by atoms with E-state index in [2.05, 4.69) is 11.4 Å². The lowest BCUT2D eigenvalue weighted by Crippen LogP contribution is -2.37. The lowest BCUT2D eigenvalue weighted by atomic mass is 9.97. The maximum atomic E-state index is 13.0. The molecule has 1 aromatic carbocycles. The number of halogens is 1. The molecule has 0 saturated heterocycles. The highest BCUT2D eigenvalue weighted by molar-refractivity contribution is 5.32. The Morgan fingerprint density at radius 3 is 2.79 bits per heavy atom. The quantitative estimate of drug-likeness (QED) is 0.769. The van der Waals surface area contributed by atoms with Gasteiger partial charge in [-0.15, -0.1) is 0 Å². The van der Waals surface area contributed by atoms with Gasteiger partial charge in [0.25, 0.3) is 0 Å². The average molecular weight is 264 g/mol. The van der Waals surface area contributed by atoms with Gasteiger partial charge in [-0.3, -0.25) is 0 Å². The molecular weight excluding hydrogens is 243 g/mol. The molecule has 1 unspecified atom stereocenters. The second-order valence-electron chi connectivity index (χ2n) is 4.91. The molecule has 1 aromatic rings. The average Bonchev–Trinajstić information content (AvgIpc) is 2.42. The van der Waals surface area contributed by atoms with Gasteiger partial charge in [-0.2, -0.15) is 5.26 Å². The molecule has 104 valence electrons. The number of rotatable bonds is 7. The topological polar surface area (TPSA) is 45.0 Å². The summed E-state index contributed by atoms with van der Waals surface area (Å²) in [7, 11) is 1.79. The number of nitrogens with one attached hydrogen (secondary N) is 1. The van der Waals surface area contributed by atoms with Crippen molar-refractivity contribution in [3.8, 4) is 11.8 Å². The van der Waals surface area contributed by atoms with Crippen molar-refractivity contribution < 1.29 is 9.13 Å². The van der Waals surface area contributed by atoms with Crippen LogP contribution in [0.1, 0.15) is 31.7 Å². The number of nitrogens with zero attached hydrogens (tertiary/aromatic N) is 1. The van der Waals surface area contributed by atoms with Crippen LogP contribution in [0.3, 0.4) is 0 Å². The highest BCUT2D eigenvalue weighted by Gasteiger charge is 2.19. The van der Waals surface area contributed by atoms with Gasteiger partial charge in [-0.05, 0) is 51.8 Å². The van der Waals surface area contributed by atoms with Gasteiger partial charge in [0.1, 0.15) is 17.1 Å². The molecule has 1 rings (SSSR count). The molecule has 0 amide bonds. The molecule has 0 aliphatic rings. The Balaban J connectivity index is 2.32. The van der Waals surface area contributed by atoms with E-state index in [0.717, 1.165) is 24.8 Å². The lowest BCUT2D eigenvalue weighted by molar-refractivity contribution is 0.294. The molecule has 0 aliphatic heterocycles. The zero-order valence-electron chi connectivity index (χ0n) is 11.8. The molecule has 0 aromatic heterocycles. The number of ether oxygens (including phenoxy) is 1. The standard InChI is InChI=1S/C15H21FN2O/c1-12-6-7-13(16)10-14(12)19-9-5-4-8-15(2,11-17)18-3/h6-7,10,18H,4-5,8-9H2,1-3H3. The molecule has 0 spiro atoms. The Morgan fingerprint density at radius 2 is 2.16 bits per heavy atom. The fraction of sp³-hybridized carbons (Fsp3) is 0.533. The van der Waals surface area contributed by atoms with Crippen LogP contribution in [0.5, 0.6) is 5.75 Å². The van der Waals surface area contributed by atoms with Crippen LogP contribution >= 0.6 is 0 Å². The Bertz CT molecular complexity index is 456. The minimum absolute atomic E-state index is 0.284. The first-order valence-corrected chi connectivity index (χ1v) is 6.50. The summed E-state index contributed by atoms with van der Waals surface area (Å²) in [6, 6.07) is 6.79. The smallest absolute Gasteiger partial charge is 0.126 e. The van der Waals surface area contributed by atoms with Gasteiger partial charge >= 0.3 is 0 Å². The van der Waals surface area contributed by atoms with E-state index < -0.39 is 5.54 Å². The minimum Gasteiger partial charge on any atom is -0.493 e. The van der Waals surface area contributed by atoms with Crippen LogP contribution in [-0.2, 0) is 0 Å². The van der Waals surface area contributed by atoms with E-state index in [1.165, 1.54) is 12.1 Å². The predicted molar refractivity (Wildman–Crippen MR) is 73.6 cm³/mol. The zero-order valence-corrected chi connectivity index (χ0v) is 11.8. The van der Waals surface area contributed by atoms with Gasteiger partial charge in [0, 0.05) is 6.07 Å². The van der Waals surface area contributed by atoms with Crippen LogP contribution in [0.15, 0.2) is 18.2 Å². The Hall–Kier alpha value is -1.60. The second-order valence-corrected chi connectivity index (χ2v) is 4.91. The largest absolute Gasteiger partial charge is 0.493 e. The van der Waals surface area contributed by atoms with Crippen LogP contribution in [0.25, 0.3) is 0 Å². The third-order valence-electron chi connectivity index (χ3n) is 3.28. The summed E-state index contributed by atoms with van der Waals surface area (Å²) in [5, 5.41) is 12.0. The number of aryl methyl sites for hydroxylation is 1. The molecule has 1 atom stereocenters. The molecule has 0 heterocycles. The Kier molecular flexibility index (Phi) is 5.78. The van der Waals surface area contributed by atoms with Gasteiger partial charge in [0.05, 0.1) is 12.7 Å². The van der Waals surface area contributed by atoms with Gasteiger partial charge in [0.2, 0.25) is 0 Å². The van der Waals surface area contributed by atoms with Crippen LogP contribution < -0.4 is 10.1 Å². The normalized spacial score (nSPS) is 13.6. The van der Waals surface area contributed by atoms with E-state index in [9.17, 15) is 4.39 Å². The number of hydrogen-bond acceptors (Lipinski definition) is 3. The maximum absolute atomic E-state index is 13.0. The molecule has 0 bridgehead atoms. The third-order valence-corrected chi connectivity index (χ3v) is 3.28. The first-order chi connectivity index (χ1) is 9.00. The minimum atomic E-state index is -0.477. The molecule has 0 fully saturated rings. The summed E-state index contributed by atoms with van der Waals surface area (Å²) in [6.45, 7) is 4.31. The number of hydrogen-bond donors (Lipinski definition) is 1. The second kappa shape index (κ2) is 7.10. The van der Waals surface area contributed by atoms with E-state index in [4.69, 9.17) is 10.00 Å². The molecule has 0 radical (unpaired) electrons. The van der Waals surface area contributed by atoms with E-state index in [-0.39, 0.29) is 5.82 Å². The van der Waals surface area contributed by atoms with E-state index in [1.807, 2.05) is 13.8 Å². The lowest BCUT2D eigenvalue weighted by Gasteiger charge is -2.20. The van der Waals surface area contributed by atoms with E-state index >= 15 is 0 Å². The first-order valence-electron chi connectivity index (χ1n) is 6.50. The summed E-state index contributed by atoms with van der Waals surface area (Å²) >= 11 is 0. The molecule has 0 saturated carbocycles. The summed E-state index contributed by atoms with van der Waals surface area (Å²) in [6.07, 6.45) is 2.50. The number of benzene rings is 1. The van der Waals surface area contributed by atoms with Gasteiger partial charge in [-0.25, -0.2) is 4.39 Å². The van der Waals surface area contributed by atoms with Gasteiger partial charge < -0.3 is 10.1 Å². The summed E-state index contributed by atoms with van der Waals surface area (Å²) < 4.78 is 18.6. The van der Waals surface area contributed by atoms with Crippen LogP contribution in [0, 0.1) is 24.1 Å². The van der Waals surface area contributed by atoms with Crippen molar-refractivity contribution in [1.29, 1.82) is 5.26 Å². The van der Waals surface area contributed by atoms with E-state index in [1.54, 1.807) is 13.1 Å². The Morgan fingerprint density at radius 1 is 1.42 bits per heavy atom.